The van der Waals surface area contributed by atoms with Gasteiger partial charge in [0.2, 0.25) is 0 Å². The normalized spacial score (nSPS) is 23.6. The third-order valence-electron chi connectivity index (χ3n) is 3.42. The van der Waals surface area contributed by atoms with E-state index in [1.165, 1.54) is 5.56 Å². The Kier molecular flexibility index (Phi) is 4.61. The Morgan fingerprint density at radius 2 is 2.00 bits per heavy atom. The van der Waals surface area contributed by atoms with Crippen molar-refractivity contribution in [2.75, 3.05) is 13.2 Å². The molecule has 1 heterocycles. The van der Waals surface area contributed by atoms with Crippen LogP contribution >= 0.6 is 0 Å². The molecule has 3 nitrogen and oxygen atoms in total. The standard InChI is InChI=1S/C15H23NO2/c1-11(2)14-5-3-4-6-15(14)17-10-13-8-7-12(9-16)18-13/h3-6,11-13H,7-10,16H2,1-2H3. The van der Waals surface area contributed by atoms with E-state index in [1.807, 2.05) is 12.1 Å². The molecule has 0 bridgehead atoms. The average molecular weight is 249 g/mol. The predicted octanol–water partition coefficient (Wildman–Crippen LogP) is 2.70. The van der Waals surface area contributed by atoms with E-state index in [0.717, 1.165) is 18.6 Å². The lowest BCUT2D eigenvalue weighted by atomic mass is 10.0. The number of rotatable bonds is 5. The zero-order valence-electron chi connectivity index (χ0n) is 11.3. The van der Waals surface area contributed by atoms with Crippen molar-refractivity contribution in [1.82, 2.24) is 0 Å². The van der Waals surface area contributed by atoms with Crippen LogP contribution in [-0.2, 0) is 4.74 Å². The number of ether oxygens (including phenoxy) is 2. The van der Waals surface area contributed by atoms with Crippen molar-refractivity contribution in [3.63, 3.8) is 0 Å². The molecule has 1 fully saturated rings. The van der Waals surface area contributed by atoms with E-state index in [-0.39, 0.29) is 12.2 Å². The number of hydrogen-bond donors (Lipinski definition) is 1. The summed E-state index contributed by atoms with van der Waals surface area (Å²) < 4.78 is 11.7. The summed E-state index contributed by atoms with van der Waals surface area (Å²) in [4.78, 5) is 0. The molecule has 3 heteroatoms. The molecule has 2 rings (SSSR count). The maximum Gasteiger partial charge on any atom is 0.122 e. The first-order valence-corrected chi connectivity index (χ1v) is 6.78. The van der Waals surface area contributed by atoms with Crippen molar-refractivity contribution in [1.29, 1.82) is 0 Å². The summed E-state index contributed by atoms with van der Waals surface area (Å²) in [5.74, 6) is 1.45. The summed E-state index contributed by atoms with van der Waals surface area (Å²) in [6, 6.07) is 8.22. The zero-order valence-corrected chi connectivity index (χ0v) is 11.3. The number of nitrogens with two attached hydrogens (primary N) is 1. The molecule has 1 aromatic rings. The first-order valence-electron chi connectivity index (χ1n) is 6.78. The van der Waals surface area contributed by atoms with Gasteiger partial charge < -0.3 is 15.2 Å². The number of benzene rings is 1. The SMILES string of the molecule is CC(C)c1ccccc1OCC1CCC(CN)O1. The summed E-state index contributed by atoms with van der Waals surface area (Å²) >= 11 is 0. The van der Waals surface area contributed by atoms with Gasteiger partial charge >= 0.3 is 0 Å². The second-order valence-electron chi connectivity index (χ2n) is 5.20. The third kappa shape index (κ3) is 3.24. The van der Waals surface area contributed by atoms with Crippen molar-refractivity contribution < 1.29 is 9.47 Å². The van der Waals surface area contributed by atoms with Gasteiger partial charge in [0, 0.05) is 6.54 Å². The Morgan fingerprint density at radius 1 is 1.28 bits per heavy atom. The molecule has 1 aliphatic heterocycles. The molecular weight excluding hydrogens is 226 g/mol. The molecule has 2 atom stereocenters. The van der Waals surface area contributed by atoms with Crippen LogP contribution in [0, 0.1) is 0 Å². The van der Waals surface area contributed by atoms with Gasteiger partial charge in [0.15, 0.2) is 0 Å². The Bertz CT molecular complexity index is 379. The van der Waals surface area contributed by atoms with Gasteiger partial charge in [-0.3, -0.25) is 0 Å². The molecule has 0 aliphatic carbocycles. The van der Waals surface area contributed by atoms with E-state index >= 15 is 0 Å². The Hall–Kier alpha value is -1.06. The lowest BCUT2D eigenvalue weighted by molar-refractivity contribution is 0.0219. The lowest BCUT2D eigenvalue weighted by Crippen LogP contribution is -2.23. The smallest absolute Gasteiger partial charge is 0.122 e. The average Bonchev–Trinajstić information content (AvgIpc) is 2.84. The van der Waals surface area contributed by atoms with Crippen LogP contribution in [0.15, 0.2) is 24.3 Å². The van der Waals surface area contributed by atoms with Crippen LogP contribution in [-0.4, -0.2) is 25.4 Å². The molecular formula is C15H23NO2. The third-order valence-corrected chi connectivity index (χ3v) is 3.42. The van der Waals surface area contributed by atoms with E-state index in [2.05, 4.69) is 26.0 Å². The molecule has 0 radical (unpaired) electrons. The van der Waals surface area contributed by atoms with Crippen molar-refractivity contribution in [3.05, 3.63) is 29.8 Å². The zero-order chi connectivity index (χ0) is 13.0. The van der Waals surface area contributed by atoms with Crippen LogP contribution in [0.5, 0.6) is 5.75 Å². The Balaban J connectivity index is 1.90. The lowest BCUT2D eigenvalue weighted by Gasteiger charge is -2.17. The summed E-state index contributed by atoms with van der Waals surface area (Å²) in [6.45, 7) is 5.59. The van der Waals surface area contributed by atoms with Gasteiger partial charge in [0.25, 0.3) is 0 Å². The van der Waals surface area contributed by atoms with Gasteiger partial charge in [-0.1, -0.05) is 32.0 Å². The highest BCUT2D eigenvalue weighted by Gasteiger charge is 2.24. The highest BCUT2D eigenvalue weighted by atomic mass is 16.5. The van der Waals surface area contributed by atoms with Crippen LogP contribution in [0.2, 0.25) is 0 Å². The monoisotopic (exact) mass is 249 g/mol. The van der Waals surface area contributed by atoms with E-state index < -0.39 is 0 Å². The van der Waals surface area contributed by atoms with E-state index in [9.17, 15) is 0 Å². The second-order valence-corrected chi connectivity index (χ2v) is 5.20. The van der Waals surface area contributed by atoms with Crippen LogP contribution in [0.25, 0.3) is 0 Å². The predicted molar refractivity (Wildman–Crippen MR) is 73.0 cm³/mol. The van der Waals surface area contributed by atoms with Crippen molar-refractivity contribution in [2.45, 2.75) is 44.8 Å². The number of para-hydroxylation sites is 1. The van der Waals surface area contributed by atoms with Crippen LogP contribution in [0.3, 0.4) is 0 Å². The molecule has 2 N–H and O–H groups in total. The first-order chi connectivity index (χ1) is 8.70. The van der Waals surface area contributed by atoms with Gasteiger partial charge in [-0.05, 0) is 30.4 Å². The molecule has 100 valence electrons. The van der Waals surface area contributed by atoms with E-state index in [0.29, 0.717) is 19.1 Å². The molecule has 0 spiro atoms. The fourth-order valence-corrected chi connectivity index (χ4v) is 2.35. The Labute approximate surface area is 109 Å². The van der Waals surface area contributed by atoms with Gasteiger partial charge in [0.1, 0.15) is 12.4 Å². The quantitative estimate of drug-likeness (QED) is 0.872. The Morgan fingerprint density at radius 3 is 2.67 bits per heavy atom. The summed E-state index contributed by atoms with van der Waals surface area (Å²) in [5.41, 5.74) is 6.86. The minimum Gasteiger partial charge on any atom is -0.491 e. The van der Waals surface area contributed by atoms with Gasteiger partial charge in [-0.2, -0.15) is 0 Å². The number of hydrogen-bond acceptors (Lipinski definition) is 3. The summed E-state index contributed by atoms with van der Waals surface area (Å²) in [6.07, 6.45) is 2.51. The topological polar surface area (TPSA) is 44.5 Å². The molecule has 1 aliphatic rings. The molecule has 1 aromatic carbocycles. The molecule has 0 saturated carbocycles. The van der Waals surface area contributed by atoms with Crippen molar-refractivity contribution >= 4 is 0 Å². The fourth-order valence-electron chi connectivity index (χ4n) is 2.35. The van der Waals surface area contributed by atoms with E-state index in [4.69, 9.17) is 15.2 Å². The largest absolute Gasteiger partial charge is 0.491 e. The van der Waals surface area contributed by atoms with Crippen molar-refractivity contribution in [3.8, 4) is 5.75 Å². The fraction of sp³-hybridized carbons (Fsp3) is 0.600. The minimum absolute atomic E-state index is 0.193. The highest BCUT2D eigenvalue weighted by molar-refractivity contribution is 5.35. The van der Waals surface area contributed by atoms with Crippen LogP contribution < -0.4 is 10.5 Å². The maximum atomic E-state index is 5.91. The van der Waals surface area contributed by atoms with Gasteiger partial charge in [-0.25, -0.2) is 0 Å². The second kappa shape index (κ2) is 6.21. The maximum absolute atomic E-state index is 5.91. The highest BCUT2D eigenvalue weighted by Crippen LogP contribution is 2.27. The molecule has 2 unspecified atom stereocenters. The minimum atomic E-state index is 0.193. The van der Waals surface area contributed by atoms with Gasteiger partial charge in [0.05, 0.1) is 12.2 Å². The summed E-state index contributed by atoms with van der Waals surface area (Å²) in [5, 5.41) is 0. The summed E-state index contributed by atoms with van der Waals surface area (Å²) in [7, 11) is 0. The molecule has 1 saturated heterocycles. The van der Waals surface area contributed by atoms with Crippen LogP contribution in [0.1, 0.15) is 38.2 Å². The van der Waals surface area contributed by atoms with Gasteiger partial charge in [-0.15, -0.1) is 0 Å². The first kappa shape index (κ1) is 13.4. The molecule has 0 amide bonds. The molecule has 0 aromatic heterocycles. The van der Waals surface area contributed by atoms with E-state index in [1.54, 1.807) is 0 Å². The van der Waals surface area contributed by atoms with Crippen molar-refractivity contribution in [2.24, 2.45) is 5.73 Å². The molecule has 18 heavy (non-hydrogen) atoms. The van der Waals surface area contributed by atoms with Crippen LogP contribution in [0.4, 0.5) is 0 Å².